The first kappa shape index (κ1) is 12.9. The molecular formula is C14H26N2O. The van der Waals surface area contributed by atoms with Gasteiger partial charge in [0.15, 0.2) is 0 Å². The Morgan fingerprint density at radius 3 is 2.35 bits per heavy atom. The number of nitrogens with zero attached hydrogens (tertiary/aromatic N) is 2. The lowest BCUT2D eigenvalue weighted by Gasteiger charge is -2.39. The van der Waals surface area contributed by atoms with E-state index < -0.39 is 0 Å². The zero-order valence-electron chi connectivity index (χ0n) is 11.5. The maximum Gasteiger partial charge on any atom is 0.219 e. The molecule has 1 unspecified atom stereocenters. The average molecular weight is 238 g/mol. The van der Waals surface area contributed by atoms with Gasteiger partial charge in [0.2, 0.25) is 5.91 Å². The van der Waals surface area contributed by atoms with Gasteiger partial charge < -0.3 is 9.80 Å². The number of hydrogen-bond donors (Lipinski definition) is 0. The Bertz CT molecular complexity index is 282. The summed E-state index contributed by atoms with van der Waals surface area (Å²) >= 11 is 0. The van der Waals surface area contributed by atoms with Gasteiger partial charge in [0.25, 0.3) is 0 Å². The molecule has 2 heterocycles. The van der Waals surface area contributed by atoms with E-state index in [-0.39, 0.29) is 5.91 Å². The van der Waals surface area contributed by atoms with Crippen molar-refractivity contribution in [2.45, 2.75) is 52.5 Å². The van der Waals surface area contributed by atoms with E-state index in [1.807, 2.05) is 4.90 Å². The van der Waals surface area contributed by atoms with Crippen LogP contribution >= 0.6 is 0 Å². The molecule has 0 N–H and O–H groups in total. The van der Waals surface area contributed by atoms with Gasteiger partial charge in [-0.2, -0.15) is 0 Å². The quantitative estimate of drug-likeness (QED) is 0.735. The van der Waals surface area contributed by atoms with Crippen LogP contribution in [0.25, 0.3) is 0 Å². The molecule has 2 aliphatic rings. The molecule has 3 nitrogen and oxygen atoms in total. The van der Waals surface area contributed by atoms with Crippen molar-refractivity contribution in [2.75, 3.05) is 26.2 Å². The fourth-order valence-corrected chi connectivity index (χ4v) is 3.31. The van der Waals surface area contributed by atoms with Crippen LogP contribution in [0.5, 0.6) is 0 Å². The van der Waals surface area contributed by atoms with Crippen LogP contribution < -0.4 is 0 Å². The molecule has 0 aromatic rings. The Kier molecular flexibility index (Phi) is 3.76. The number of piperidine rings is 1. The lowest BCUT2D eigenvalue weighted by atomic mass is 9.78. The van der Waals surface area contributed by atoms with Gasteiger partial charge in [0.05, 0.1) is 0 Å². The van der Waals surface area contributed by atoms with Gasteiger partial charge in [0, 0.05) is 32.6 Å². The number of amides is 1. The standard InChI is InChI=1S/C14H26N2O/c1-4-12(2)16-10-7-14(11-16)5-8-15(9-6-14)13(3)17/h12H,4-11H2,1-3H3. The van der Waals surface area contributed by atoms with Crippen molar-refractivity contribution in [3.05, 3.63) is 0 Å². The lowest BCUT2D eigenvalue weighted by Crippen LogP contribution is -2.44. The summed E-state index contributed by atoms with van der Waals surface area (Å²) in [6.45, 7) is 10.8. The molecule has 2 fully saturated rings. The molecule has 0 aromatic heterocycles. The number of rotatable bonds is 2. The minimum atomic E-state index is 0.247. The molecular weight excluding hydrogens is 212 g/mol. The molecule has 1 spiro atoms. The average Bonchev–Trinajstić information content (AvgIpc) is 2.73. The predicted molar refractivity (Wildman–Crippen MR) is 69.9 cm³/mol. The number of carbonyl (C=O) groups excluding carboxylic acids is 1. The topological polar surface area (TPSA) is 23.6 Å². The van der Waals surface area contributed by atoms with E-state index in [0.29, 0.717) is 5.41 Å². The molecule has 2 rings (SSSR count). The van der Waals surface area contributed by atoms with Crippen LogP contribution in [0.2, 0.25) is 0 Å². The van der Waals surface area contributed by atoms with Gasteiger partial charge in [-0.1, -0.05) is 6.92 Å². The Hall–Kier alpha value is -0.570. The van der Waals surface area contributed by atoms with Crippen molar-refractivity contribution >= 4 is 5.91 Å². The third kappa shape index (κ3) is 2.65. The number of carbonyl (C=O) groups is 1. The van der Waals surface area contributed by atoms with Gasteiger partial charge in [-0.25, -0.2) is 0 Å². The zero-order chi connectivity index (χ0) is 12.5. The molecule has 2 aliphatic heterocycles. The second kappa shape index (κ2) is 4.97. The smallest absolute Gasteiger partial charge is 0.219 e. The predicted octanol–water partition coefficient (Wildman–Crippen LogP) is 2.12. The van der Waals surface area contributed by atoms with Gasteiger partial charge in [-0.15, -0.1) is 0 Å². The summed E-state index contributed by atoms with van der Waals surface area (Å²) in [5, 5.41) is 0. The second-order valence-corrected chi connectivity index (χ2v) is 5.98. The van der Waals surface area contributed by atoms with Gasteiger partial charge in [-0.3, -0.25) is 4.79 Å². The molecule has 0 radical (unpaired) electrons. The van der Waals surface area contributed by atoms with Gasteiger partial charge in [-0.05, 0) is 44.6 Å². The molecule has 0 bridgehead atoms. The van der Waals surface area contributed by atoms with E-state index in [4.69, 9.17) is 0 Å². The van der Waals surface area contributed by atoms with Crippen LogP contribution in [-0.2, 0) is 4.79 Å². The Balaban J connectivity index is 1.90. The van der Waals surface area contributed by atoms with Crippen LogP contribution in [0.15, 0.2) is 0 Å². The first-order chi connectivity index (χ1) is 8.06. The Labute approximate surface area is 105 Å². The monoisotopic (exact) mass is 238 g/mol. The van der Waals surface area contributed by atoms with Crippen LogP contribution in [-0.4, -0.2) is 47.9 Å². The fourth-order valence-electron chi connectivity index (χ4n) is 3.31. The third-order valence-corrected chi connectivity index (χ3v) is 4.95. The van der Waals surface area contributed by atoms with Gasteiger partial charge >= 0.3 is 0 Å². The minimum absolute atomic E-state index is 0.247. The summed E-state index contributed by atoms with van der Waals surface area (Å²) in [4.78, 5) is 16.0. The normalized spacial score (nSPS) is 26.4. The SMILES string of the molecule is CCC(C)N1CCC2(CCN(C(C)=O)CC2)C1. The maximum atomic E-state index is 11.3. The first-order valence-electron chi connectivity index (χ1n) is 7.06. The highest BCUT2D eigenvalue weighted by Gasteiger charge is 2.41. The van der Waals surface area contributed by atoms with E-state index in [2.05, 4.69) is 18.7 Å². The lowest BCUT2D eigenvalue weighted by molar-refractivity contribution is -0.131. The van der Waals surface area contributed by atoms with Crippen molar-refractivity contribution in [3.63, 3.8) is 0 Å². The van der Waals surface area contributed by atoms with Crippen LogP contribution in [0.3, 0.4) is 0 Å². The molecule has 1 amide bonds. The third-order valence-electron chi connectivity index (χ3n) is 4.95. The Morgan fingerprint density at radius 1 is 1.24 bits per heavy atom. The molecule has 0 aliphatic carbocycles. The van der Waals surface area contributed by atoms with Crippen molar-refractivity contribution < 1.29 is 4.79 Å². The van der Waals surface area contributed by atoms with Crippen molar-refractivity contribution in [1.29, 1.82) is 0 Å². The van der Waals surface area contributed by atoms with E-state index in [1.54, 1.807) is 6.92 Å². The first-order valence-corrected chi connectivity index (χ1v) is 7.06. The number of hydrogen-bond acceptors (Lipinski definition) is 2. The zero-order valence-corrected chi connectivity index (χ0v) is 11.5. The molecule has 2 saturated heterocycles. The van der Waals surface area contributed by atoms with E-state index >= 15 is 0 Å². The van der Waals surface area contributed by atoms with E-state index in [0.717, 1.165) is 19.1 Å². The highest BCUT2D eigenvalue weighted by molar-refractivity contribution is 5.73. The molecule has 98 valence electrons. The second-order valence-electron chi connectivity index (χ2n) is 5.98. The Morgan fingerprint density at radius 2 is 1.82 bits per heavy atom. The molecule has 0 saturated carbocycles. The molecule has 3 heteroatoms. The largest absolute Gasteiger partial charge is 0.343 e. The van der Waals surface area contributed by atoms with Gasteiger partial charge in [0.1, 0.15) is 0 Å². The van der Waals surface area contributed by atoms with Crippen LogP contribution in [0.4, 0.5) is 0 Å². The van der Waals surface area contributed by atoms with Crippen molar-refractivity contribution in [2.24, 2.45) is 5.41 Å². The highest BCUT2D eigenvalue weighted by atomic mass is 16.2. The summed E-state index contributed by atoms with van der Waals surface area (Å²) < 4.78 is 0. The summed E-state index contributed by atoms with van der Waals surface area (Å²) in [5.74, 6) is 0.247. The fraction of sp³-hybridized carbons (Fsp3) is 0.929. The summed E-state index contributed by atoms with van der Waals surface area (Å²) in [6, 6.07) is 0.722. The maximum absolute atomic E-state index is 11.3. The van der Waals surface area contributed by atoms with Crippen molar-refractivity contribution in [1.82, 2.24) is 9.80 Å². The summed E-state index contributed by atoms with van der Waals surface area (Å²) in [6.07, 6.45) is 5.00. The molecule has 1 atom stereocenters. The van der Waals surface area contributed by atoms with Crippen LogP contribution in [0.1, 0.15) is 46.5 Å². The molecule has 17 heavy (non-hydrogen) atoms. The van der Waals surface area contributed by atoms with E-state index in [1.165, 1.54) is 38.8 Å². The van der Waals surface area contributed by atoms with Crippen LogP contribution in [0, 0.1) is 5.41 Å². The minimum Gasteiger partial charge on any atom is -0.343 e. The summed E-state index contributed by atoms with van der Waals surface area (Å²) in [7, 11) is 0. The van der Waals surface area contributed by atoms with Crippen molar-refractivity contribution in [3.8, 4) is 0 Å². The molecule has 0 aromatic carbocycles. The highest BCUT2D eigenvalue weighted by Crippen LogP contribution is 2.41. The van der Waals surface area contributed by atoms with E-state index in [9.17, 15) is 4.79 Å². The summed E-state index contributed by atoms with van der Waals surface area (Å²) in [5.41, 5.74) is 0.523. The number of likely N-dealkylation sites (tertiary alicyclic amines) is 2.